The maximum Gasteiger partial charge on any atom is 0.0282 e. The molecule has 0 aliphatic carbocycles. The fourth-order valence-corrected chi connectivity index (χ4v) is 1.45. The third-order valence-electron chi connectivity index (χ3n) is 2.39. The van der Waals surface area contributed by atoms with Crippen LogP contribution in [0.3, 0.4) is 0 Å². The van der Waals surface area contributed by atoms with E-state index in [2.05, 4.69) is 25.8 Å². The fraction of sp³-hybridized carbons (Fsp3) is 1.00. The number of rotatable bonds is 0. The summed E-state index contributed by atoms with van der Waals surface area (Å²) in [5, 5.41) is 1.90. The molecule has 3 nitrogen and oxygen atoms in total. The van der Waals surface area contributed by atoms with Crippen LogP contribution in [0.15, 0.2) is 0 Å². The largest absolute Gasteiger partial charge is 0.298 e. The Bertz CT molecular complexity index is 103. The van der Waals surface area contributed by atoms with Gasteiger partial charge in [-0.25, -0.2) is 5.01 Å². The molecule has 0 bridgehead atoms. The van der Waals surface area contributed by atoms with Crippen LogP contribution >= 0.6 is 0 Å². The smallest absolute Gasteiger partial charge is 0.0282 e. The summed E-state index contributed by atoms with van der Waals surface area (Å²) in [4.78, 5) is 2.36. The normalized spacial score (nSPS) is 38.4. The van der Waals surface area contributed by atoms with Gasteiger partial charge in [-0.05, 0) is 20.9 Å². The lowest BCUT2D eigenvalue weighted by Gasteiger charge is -2.40. The summed E-state index contributed by atoms with van der Waals surface area (Å²) in [7, 11) is 2.16. The quantitative estimate of drug-likeness (QED) is 0.480. The Morgan fingerprint density at radius 3 is 2.00 bits per heavy atom. The first kappa shape index (κ1) is 7.98. The second kappa shape index (κ2) is 2.86. The first-order valence-corrected chi connectivity index (χ1v) is 3.83. The van der Waals surface area contributed by atoms with Crippen LogP contribution in [0.2, 0.25) is 0 Å². The molecular weight excluding hydrogens is 126 g/mol. The zero-order chi connectivity index (χ0) is 7.72. The van der Waals surface area contributed by atoms with Gasteiger partial charge in [-0.15, -0.1) is 0 Å². The molecule has 0 aromatic rings. The van der Waals surface area contributed by atoms with Crippen molar-refractivity contribution in [3.8, 4) is 0 Å². The van der Waals surface area contributed by atoms with Gasteiger partial charge in [0.25, 0.3) is 0 Å². The third-order valence-corrected chi connectivity index (χ3v) is 2.39. The second-order valence-electron chi connectivity index (χ2n) is 3.32. The SMILES string of the molecule is CC1CN(N)CC(C)N1C. The van der Waals surface area contributed by atoms with Crippen molar-refractivity contribution in [1.82, 2.24) is 9.91 Å². The van der Waals surface area contributed by atoms with Crippen molar-refractivity contribution in [2.45, 2.75) is 25.9 Å². The number of hydrogen-bond acceptors (Lipinski definition) is 3. The van der Waals surface area contributed by atoms with Gasteiger partial charge in [0.05, 0.1) is 0 Å². The van der Waals surface area contributed by atoms with Crippen molar-refractivity contribution >= 4 is 0 Å². The van der Waals surface area contributed by atoms with Crippen molar-refractivity contribution in [3.63, 3.8) is 0 Å². The van der Waals surface area contributed by atoms with Gasteiger partial charge < -0.3 is 0 Å². The number of nitrogens with two attached hydrogens (primary N) is 1. The van der Waals surface area contributed by atoms with E-state index in [1.54, 1.807) is 0 Å². The van der Waals surface area contributed by atoms with Gasteiger partial charge in [0.1, 0.15) is 0 Å². The van der Waals surface area contributed by atoms with Gasteiger partial charge in [-0.1, -0.05) is 0 Å². The molecule has 2 N–H and O–H groups in total. The second-order valence-corrected chi connectivity index (χ2v) is 3.32. The Balaban J connectivity index is 2.49. The van der Waals surface area contributed by atoms with Gasteiger partial charge in [-0.2, -0.15) is 0 Å². The summed E-state index contributed by atoms with van der Waals surface area (Å²) in [6.07, 6.45) is 0. The van der Waals surface area contributed by atoms with E-state index in [4.69, 9.17) is 5.84 Å². The average molecular weight is 143 g/mol. The van der Waals surface area contributed by atoms with E-state index >= 15 is 0 Å². The molecule has 60 valence electrons. The topological polar surface area (TPSA) is 32.5 Å². The van der Waals surface area contributed by atoms with E-state index in [0.29, 0.717) is 12.1 Å². The highest BCUT2D eigenvalue weighted by Gasteiger charge is 2.23. The van der Waals surface area contributed by atoms with E-state index in [-0.39, 0.29) is 0 Å². The van der Waals surface area contributed by atoms with Crippen LogP contribution in [-0.4, -0.2) is 42.1 Å². The number of piperazine rings is 1. The van der Waals surface area contributed by atoms with Crippen LogP contribution in [0.5, 0.6) is 0 Å². The lowest BCUT2D eigenvalue weighted by Crippen LogP contribution is -2.57. The number of hydrogen-bond donors (Lipinski definition) is 1. The zero-order valence-electron chi connectivity index (χ0n) is 7.04. The van der Waals surface area contributed by atoms with Crippen molar-refractivity contribution in [2.75, 3.05) is 20.1 Å². The highest BCUT2D eigenvalue weighted by Crippen LogP contribution is 2.09. The number of nitrogens with zero attached hydrogens (tertiary/aromatic N) is 2. The molecule has 1 saturated heterocycles. The molecule has 1 fully saturated rings. The Hall–Kier alpha value is -0.120. The zero-order valence-corrected chi connectivity index (χ0v) is 7.04. The summed E-state index contributed by atoms with van der Waals surface area (Å²) in [5.74, 6) is 5.68. The molecule has 0 radical (unpaired) electrons. The molecule has 1 rings (SSSR count). The lowest BCUT2D eigenvalue weighted by atomic mass is 10.1. The predicted octanol–water partition coefficient (Wildman–Crippen LogP) is -0.115. The molecular formula is C7H17N3. The first-order valence-electron chi connectivity index (χ1n) is 3.83. The molecule has 2 unspecified atom stereocenters. The average Bonchev–Trinajstić information content (AvgIpc) is 1.82. The maximum absolute atomic E-state index is 5.68. The standard InChI is InChI=1S/C7H17N3/c1-6-4-10(8)5-7(2)9(6)3/h6-7H,4-5,8H2,1-3H3. The van der Waals surface area contributed by atoms with E-state index in [1.807, 2.05) is 5.01 Å². The molecule has 0 aromatic carbocycles. The first-order chi connectivity index (χ1) is 4.61. The minimum absolute atomic E-state index is 0.591. The van der Waals surface area contributed by atoms with Gasteiger partial charge in [0.15, 0.2) is 0 Å². The van der Waals surface area contributed by atoms with E-state index in [9.17, 15) is 0 Å². The predicted molar refractivity (Wildman–Crippen MR) is 42.4 cm³/mol. The third kappa shape index (κ3) is 1.48. The van der Waals surface area contributed by atoms with Crippen LogP contribution in [0.1, 0.15) is 13.8 Å². The molecule has 1 heterocycles. The van der Waals surface area contributed by atoms with E-state index < -0.39 is 0 Å². The molecule has 0 saturated carbocycles. The van der Waals surface area contributed by atoms with Gasteiger partial charge in [0, 0.05) is 25.2 Å². The summed E-state index contributed by atoms with van der Waals surface area (Å²) in [6, 6.07) is 1.18. The van der Waals surface area contributed by atoms with Gasteiger partial charge in [0.2, 0.25) is 0 Å². The maximum atomic E-state index is 5.68. The van der Waals surface area contributed by atoms with Crippen molar-refractivity contribution in [1.29, 1.82) is 0 Å². The summed E-state index contributed by atoms with van der Waals surface area (Å²) >= 11 is 0. The molecule has 3 heteroatoms. The van der Waals surface area contributed by atoms with Gasteiger partial charge >= 0.3 is 0 Å². The van der Waals surface area contributed by atoms with Crippen molar-refractivity contribution < 1.29 is 0 Å². The minimum Gasteiger partial charge on any atom is -0.298 e. The Kier molecular flexibility index (Phi) is 2.28. The van der Waals surface area contributed by atoms with Gasteiger partial charge in [-0.3, -0.25) is 10.7 Å². The Morgan fingerprint density at radius 1 is 1.20 bits per heavy atom. The lowest BCUT2D eigenvalue weighted by molar-refractivity contribution is 0.0603. The number of hydrazine groups is 1. The molecule has 1 aliphatic rings. The van der Waals surface area contributed by atoms with E-state index in [0.717, 1.165) is 13.1 Å². The number of likely N-dealkylation sites (N-methyl/N-ethyl adjacent to an activating group) is 1. The molecule has 0 aromatic heterocycles. The molecule has 10 heavy (non-hydrogen) atoms. The monoisotopic (exact) mass is 143 g/mol. The Morgan fingerprint density at radius 2 is 1.60 bits per heavy atom. The molecule has 0 amide bonds. The summed E-state index contributed by atoms with van der Waals surface area (Å²) < 4.78 is 0. The molecule has 0 spiro atoms. The molecule has 2 atom stereocenters. The molecule has 1 aliphatic heterocycles. The van der Waals surface area contributed by atoms with E-state index in [1.165, 1.54) is 0 Å². The van der Waals surface area contributed by atoms with Crippen LogP contribution in [-0.2, 0) is 0 Å². The Labute approximate surface area is 62.8 Å². The van der Waals surface area contributed by atoms with Crippen LogP contribution < -0.4 is 5.84 Å². The minimum atomic E-state index is 0.591. The fourth-order valence-electron chi connectivity index (χ4n) is 1.45. The van der Waals surface area contributed by atoms with Crippen molar-refractivity contribution in [3.05, 3.63) is 0 Å². The highest BCUT2D eigenvalue weighted by atomic mass is 15.4. The highest BCUT2D eigenvalue weighted by molar-refractivity contribution is 4.79. The van der Waals surface area contributed by atoms with Crippen LogP contribution in [0, 0.1) is 0 Å². The van der Waals surface area contributed by atoms with Crippen LogP contribution in [0.4, 0.5) is 0 Å². The van der Waals surface area contributed by atoms with Crippen molar-refractivity contribution in [2.24, 2.45) is 5.84 Å². The van der Waals surface area contributed by atoms with Crippen LogP contribution in [0.25, 0.3) is 0 Å². The summed E-state index contributed by atoms with van der Waals surface area (Å²) in [6.45, 7) is 6.38. The summed E-state index contributed by atoms with van der Waals surface area (Å²) in [5.41, 5.74) is 0.